The van der Waals surface area contributed by atoms with Crippen LogP contribution in [0.25, 0.3) is 0 Å². The van der Waals surface area contributed by atoms with Crippen LogP contribution in [0.3, 0.4) is 0 Å². The maximum absolute atomic E-state index is 5.96. The Morgan fingerprint density at radius 2 is 1.95 bits per heavy atom. The van der Waals surface area contributed by atoms with Crippen LogP contribution in [-0.4, -0.2) is 24.8 Å². The first-order valence-electron chi connectivity index (χ1n) is 8.60. The molecule has 1 heterocycles. The fourth-order valence-corrected chi connectivity index (χ4v) is 4.30. The van der Waals surface area contributed by atoms with Crippen LogP contribution in [0.1, 0.15) is 65.2 Å². The summed E-state index contributed by atoms with van der Waals surface area (Å²) >= 11 is 0. The van der Waals surface area contributed by atoms with Crippen LogP contribution in [0.5, 0.6) is 0 Å². The molecule has 4 atom stereocenters. The van der Waals surface area contributed by atoms with Crippen molar-refractivity contribution in [3.63, 3.8) is 0 Å². The highest BCUT2D eigenvalue weighted by atomic mass is 16.5. The average molecular weight is 265 g/mol. The second-order valence-electron chi connectivity index (χ2n) is 7.59. The molecule has 3 rings (SSSR count). The van der Waals surface area contributed by atoms with Gasteiger partial charge in [-0.2, -0.15) is 0 Å². The van der Waals surface area contributed by atoms with Gasteiger partial charge in [-0.05, 0) is 56.3 Å². The van der Waals surface area contributed by atoms with E-state index < -0.39 is 0 Å². The molecule has 1 N–H and O–H groups in total. The lowest BCUT2D eigenvalue weighted by Gasteiger charge is -2.33. The third-order valence-electron chi connectivity index (χ3n) is 5.26. The number of ether oxygens (including phenoxy) is 1. The number of hydrogen-bond acceptors (Lipinski definition) is 2. The minimum atomic E-state index is 0.547. The third-order valence-corrected chi connectivity index (χ3v) is 5.26. The highest BCUT2D eigenvalue weighted by Gasteiger charge is 2.41. The van der Waals surface area contributed by atoms with Crippen molar-refractivity contribution < 1.29 is 4.74 Å². The molecule has 3 fully saturated rings. The minimum absolute atomic E-state index is 0.547. The molecule has 2 nitrogen and oxygen atoms in total. The summed E-state index contributed by atoms with van der Waals surface area (Å²) in [6, 6.07) is 1.43. The Kier molecular flexibility index (Phi) is 4.48. The highest BCUT2D eigenvalue weighted by molar-refractivity contribution is 4.95. The van der Waals surface area contributed by atoms with Crippen molar-refractivity contribution in [2.75, 3.05) is 6.61 Å². The van der Waals surface area contributed by atoms with Gasteiger partial charge >= 0.3 is 0 Å². The van der Waals surface area contributed by atoms with Gasteiger partial charge in [-0.1, -0.05) is 26.7 Å². The molecule has 0 radical (unpaired) electrons. The second kappa shape index (κ2) is 6.13. The van der Waals surface area contributed by atoms with Gasteiger partial charge in [0.25, 0.3) is 0 Å². The van der Waals surface area contributed by atoms with E-state index in [0.29, 0.717) is 12.1 Å². The standard InChI is InChI=1S/C17H31NO/c1-12(2)10-13-4-3-5-15(11-13)18-16-8-9-19-17(16)14-6-7-14/h12-18H,3-11H2,1-2H3. The molecule has 0 aromatic carbocycles. The molecular weight excluding hydrogens is 234 g/mol. The van der Waals surface area contributed by atoms with Gasteiger partial charge in [0.2, 0.25) is 0 Å². The summed E-state index contributed by atoms with van der Waals surface area (Å²) in [6.07, 6.45) is 11.7. The largest absolute Gasteiger partial charge is 0.376 e. The van der Waals surface area contributed by atoms with E-state index >= 15 is 0 Å². The van der Waals surface area contributed by atoms with Crippen molar-refractivity contribution in [3.8, 4) is 0 Å². The zero-order valence-corrected chi connectivity index (χ0v) is 12.7. The van der Waals surface area contributed by atoms with Crippen molar-refractivity contribution in [1.82, 2.24) is 5.32 Å². The molecule has 110 valence electrons. The van der Waals surface area contributed by atoms with E-state index in [4.69, 9.17) is 4.74 Å². The van der Waals surface area contributed by atoms with Crippen LogP contribution < -0.4 is 5.32 Å². The summed E-state index contributed by atoms with van der Waals surface area (Å²) in [5.41, 5.74) is 0. The molecule has 0 aromatic rings. The maximum atomic E-state index is 5.96. The van der Waals surface area contributed by atoms with Gasteiger partial charge in [-0.15, -0.1) is 0 Å². The zero-order chi connectivity index (χ0) is 13.2. The van der Waals surface area contributed by atoms with Crippen molar-refractivity contribution >= 4 is 0 Å². The van der Waals surface area contributed by atoms with Crippen molar-refractivity contribution in [1.29, 1.82) is 0 Å². The predicted molar refractivity (Wildman–Crippen MR) is 79.2 cm³/mol. The van der Waals surface area contributed by atoms with Gasteiger partial charge < -0.3 is 10.1 Å². The van der Waals surface area contributed by atoms with E-state index in [1.165, 1.54) is 51.4 Å². The molecule has 1 aliphatic heterocycles. The first-order chi connectivity index (χ1) is 9.22. The third kappa shape index (κ3) is 3.72. The average Bonchev–Trinajstić information content (AvgIpc) is 3.10. The monoisotopic (exact) mass is 265 g/mol. The summed E-state index contributed by atoms with van der Waals surface area (Å²) in [5, 5.41) is 3.97. The maximum Gasteiger partial charge on any atom is 0.0757 e. The number of nitrogens with one attached hydrogen (secondary N) is 1. The van der Waals surface area contributed by atoms with Crippen LogP contribution in [0, 0.1) is 17.8 Å². The quantitative estimate of drug-likeness (QED) is 0.817. The molecule has 19 heavy (non-hydrogen) atoms. The normalized spacial score (nSPS) is 39.9. The molecule has 2 aliphatic carbocycles. The summed E-state index contributed by atoms with van der Waals surface area (Å²) in [4.78, 5) is 0. The van der Waals surface area contributed by atoms with Gasteiger partial charge in [-0.3, -0.25) is 0 Å². The second-order valence-corrected chi connectivity index (χ2v) is 7.59. The van der Waals surface area contributed by atoms with Crippen molar-refractivity contribution in [3.05, 3.63) is 0 Å². The van der Waals surface area contributed by atoms with Gasteiger partial charge in [0.1, 0.15) is 0 Å². The molecule has 2 heteroatoms. The Bertz CT molecular complexity index is 287. The topological polar surface area (TPSA) is 21.3 Å². The first kappa shape index (κ1) is 13.9. The lowest BCUT2D eigenvalue weighted by atomic mass is 9.80. The smallest absolute Gasteiger partial charge is 0.0757 e. The Labute approximate surface area is 118 Å². The summed E-state index contributed by atoms with van der Waals surface area (Å²) < 4.78 is 5.96. The fourth-order valence-electron chi connectivity index (χ4n) is 4.30. The molecule has 3 aliphatic rings. The van der Waals surface area contributed by atoms with Gasteiger partial charge in [0, 0.05) is 18.7 Å². The van der Waals surface area contributed by atoms with E-state index in [9.17, 15) is 0 Å². The van der Waals surface area contributed by atoms with Crippen LogP contribution in [0.15, 0.2) is 0 Å². The Morgan fingerprint density at radius 1 is 1.11 bits per heavy atom. The van der Waals surface area contributed by atoms with E-state index in [-0.39, 0.29) is 0 Å². The van der Waals surface area contributed by atoms with E-state index in [0.717, 1.165) is 30.4 Å². The Hall–Kier alpha value is -0.0800. The molecule has 0 spiro atoms. The minimum Gasteiger partial charge on any atom is -0.376 e. The Balaban J connectivity index is 1.48. The zero-order valence-electron chi connectivity index (χ0n) is 12.7. The summed E-state index contributed by atoms with van der Waals surface area (Å²) in [5.74, 6) is 2.71. The van der Waals surface area contributed by atoms with Crippen molar-refractivity contribution in [2.24, 2.45) is 17.8 Å². The van der Waals surface area contributed by atoms with E-state index in [2.05, 4.69) is 19.2 Å². The lowest BCUT2D eigenvalue weighted by molar-refractivity contribution is 0.0761. The lowest BCUT2D eigenvalue weighted by Crippen LogP contribution is -2.45. The molecular formula is C17H31NO. The summed E-state index contributed by atoms with van der Waals surface area (Å²) in [7, 11) is 0. The molecule has 0 bridgehead atoms. The molecule has 2 saturated carbocycles. The van der Waals surface area contributed by atoms with Gasteiger partial charge in [-0.25, -0.2) is 0 Å². The molecule has 4 unspecified atom stereocenters. The van der Waals surface area contributed by atoms with Crippen molar-refractivity contribution in [2.45, 2.75) is 83.4 Å². The highest BCUT2D eigenvalue weighted by Crippen LogP contribution is 2.39. The van der Waals surface area contributed by atoms with Gasteiger partial charge in [0.05, 0.1) is 6.10 Å². The fraction of sp³-hybridized carbons (Fsp3) is 1.00. The first-order valence-corrected chi connectivity index (χ1v) is 8.60. The molecule has 1 saturated heterocycles. The van der Waals surface area contributed by atoms with Gasteiger partial charge in [0.15, 0.2) is 0 Å². The van der Waals surface area contributed by atoms with Crippen LogP contribution >= 0.6 is 0 Å². The SMILES string of the molecule is CC(C)CC1CCCC(NC2CCOC2C2CC2)C1. The van der Waals surface area contributed by atoms with Crippen LogP contribution in [0.2, 0.25) is 0 Å². The van der Waals surface area contributed by atoms with Crippen LogP contribution in [0.4, 0.5) is 0 Å². The molecule has 0 aromatic heterocycles. The van der Waals surface area contributed by atoms with Crippen LogP contribution in [-0.2, 0) is 4.74 Å². The van der Waals surface area contributed by atoms with E-state index in [1.807, 2.05) is 0 Å². The predicted octanol–water partition coefficient (Wildman–Crippen LogP) is 3.75. The molecule has 0 amide bonds. The summed E-state index contributed by atoms with van der Waals surface area (Å²) in [6.45, 7) is 5.72. The number of hydrogen-bond donors (Lipinski definition) is 1. The number of rotatable bonds is 5. The Morgan fingerprint density at radius 3 is 2.68 bits per heavy atom. The van der Waals surface area contributed by atoms with E-state index in [1.54, 1.807) is 0 Å².